The van der Waals surface area contributed by atoms with Crippen LogP contribution in [0.1, 0.15) is 13.3 Å². The Bertz CT molecular complexity index is 773. The highest BCUT2D eigenvalue weighted by Gasteiger charge is 2.35. The molecule has 2 aromatic carbocycles. The number of nitrogens with zero attached hydrogens (tertiary/aromatic N) is 1. The zero-order valence-electron chi connectivity index (χ0n) is 13.9. The van der Waals surface area contributed by atoms with E-state index in [1.807, 2.05) is 31.2 Å². The second-order valence-corrected chi connectivity index (χ2v) is 5.87. The van der Waals surface area contributed by atoms with Gasteiger partial charge in [0, 0.05) is 30.4 Å². The summed E-state index contributed by atoms with van der Waals surface area (Å²) in [6, 6.07) is 13.6. The van der Waals surface area contributed by atoms with Gasteiger partial charge in [0.25, 0.3) is 0 Å². The molecular formula is C19H20N2O4. The summed E-state index contributed by atoms with van der Waals surface area (Å²) in [5.41, 5.74) is 1.26. The molecule has 0 aliphatic carbocycles. The number of rotatable bonds is 5. The van der Waals surface area contributed by atoms with E-state index in [1.54, 1.807) is 17.0 Å². The average molecular weight is 340 g/mol. The van der Waals surface area contributed by atoms with Gasteiger partial charge in [-0.05, 0) is 43.3 Å². The van der Waals surface area contributed by atoms with Crippen LogP contribution in [0.5, 0.6) is 11.5 Å². The lowest BCUT2D eigenvalue weighted by Gasteiger charge is -2.17. The lowest BCUT2D eigenvalue weighted by Crippen LogP contribution is -2.28. The van der Waals surface area contributed by atoms with Crippen LogP contribution in [0.25, 0.3) is 0 Å². The Morgan fingerprint density at radius 3 is 2.72 bits per heavy atom. The minimum Gasteiger partial charge on any atom is -0.508 e. The van der Waals surface area contributed by atoms with Crippen LogP contribution in [0, 0.1) is 5.92 Å². The predicted molar refractivity (Wildman–Crippen MR) is 94.8 cm³/mol. The molecule has 1 heterocycles. The molecule has 130 valence electrons. The second-order valence-electron chi connectivity index (χ2n) is 5.87. The minimum atomic E-state index is -0.429. The Morgan fingerprint density at radius 1 is 1.28 bits per heavy atom. The topological polar surface area (TPSA) is 78.9 Å². The van der Waals surface area contributed by atoms with Gasteiger partial charge in [-0.25, -0.2) is 0 Å². The van der Waals surface area contributed by atoms with Crippen LogP contribution in [0.2, 0.25) is 0 Å². The van der Waals surface area contributed by atoms with Crippen molar-refractivity contribution in [1.29, 1.82) is 0 Å². The number of nitrogens with one attached hydrogen (secondary N) is 1. The molecule has 6 heteroatoms. The second kappa shape index (κ2) is 7.25. The Kier molecular flexibility index (Phi) is 4.88. The molecule has 0 spiro atoms. The highest BCUT2D eigenvalue weighted by Crippen LogP contribution is 2.28. The van der Waals surface area contributed by atoms with Crippen molar-refractivity contribution in [3.8, 4) is 11.5 Å². The van der Waals surface area contributed by atoms with Gasteiger partial charge in [-0.3, -0.25) is 9.59 Å². The minimum absolute atomic E-state index is 0.0799. The average Bonchev–Trinajstić information content (AvgIpc) is 2.98. The van der Waals surface area contributed by atoms with Crippen molar-refractivity contribution in [3.63, 3.8) is 0 Å². The van der Waals surface area contributed by atoms with Gasteiger partial charge in [0.05, 0.1) is 12.5 Å². The molecule has 1 fully saturated rings. The molecule has 1 aliphatic heterocycles. The Balaban J connectivity index is 1.66. The Hall–Kier alpha value is -3.02. The van der Waals surface area contributed by atoms with Crippen LogP contribution >= 0.6 is 0 Å². The van der Waals surface area contributed by atoms with Gasteiger partial charge >= 0.3 is 0 Å². The van der Waals surface area contributed by atoms with Crippen molar-refractivity contribution in [3.05, 3.63) is 48.5 Å². The van der Waals surface area contributed by atoms with Crippen molar-refractivity contribution >= 4 is 23.2 Å². The third-order valence-corrected chi connectivity index (χ3v) is 4.07. The zero-order chi connectivity index (χ0) is 17.8. The molecule has 3 rings (SSSR count). The maximum Gasteiger partial charge on any atom is 0.229 e. The first-order chi connectivity index (χ1) is 12.1. The maximum absolute atomic E-state index is 12.4. The highest BCUT2D eigenvalue weighted by atomic mass is 16.5. The van der Waals surface area contributed by atoms with E-state index < -0.39 is 5.92 Å². The Morgan fingerprint density at radius 2 is 2.04 bits per heavy atom. The molecule has 1 aliphatic rings. The third-order valence-electron chi connectivity index (χ3n) is 4.07. The van der Waals surface area contributed by atoms with E-state index in [-0.39, 0.29) is 24.0 Å². The van der Waals surface area contributed by atoms with Crippen LogP contribution in [0.3, 0.4) is 0 Å². The van der Waals surface area contributed by atoms with Crippen LogP contribution in [0.15, 0.2) is 48.5 Å². The van der Waals surface area contributed by atoms with Crippen LogP contribution < -0.4 is 15.0 Å². The van der Waals surface area contributed by atoms with Gasteiger partial charge in [0.15, 0.2) is 0 Å². The van der Waals surface area contributed by atoms with Crippen molar-refractivity contribution < 1.29 is 19.4 Å². The number of anilines is 2. The predicted octanol–water partition coefficient (Wildman–Crippen LogP) is 2.78. The first kappa shape index (κ1) is 16.8. The van der Waals surface area contributed by atoms with Gasteiger partial charge in [-0.1, -0.05) is 6.07 Å². The van der Waals surface area contributed by atoms with Crippen molar-refractivity contribution in [1.82, 2.24) is 0 Å². The molecule has 2 N–H and O–H groups in total. The number of benzene rings is 2. The van der Waals surface area contributed by atoms with E-state index >= 15 is 0 Å². The van der Waals surface area contributed by atoms with Gasteiger partial charge < -0.3 is 20.1 Å². The standard InChI is InChI=1S/C19H20N2O4/c1-2-25-17-8-6-15(7-9-17)21-12-13(10-18(21)23)19(24)20-14-4-3-5-16(22)11-14/h3-9,11,13,22H,2,10,12H2,1H3,(H,20,24). The van der Waals surface area contributed by atoms with Crippen LogP contribution in [0.4, 0.5) is 11.4 Å². The molecule has 2 amide bonds. The lowest BCUT2D eigenvalue weighted by atomic mass is 10.1. The SMILES string of the molecule is CCOc1ccc(N2CC(C(=O)Nc3cccc(O)c3)CC2=O)cc1. The summed E-state index contributed by atoms with van der Waals surface area (Å²) in [5.74, 6) is 0.0846. The number of carbonyl (C=O) groups is 2. The summed E-state index contributed by atoms with van der Waals surface area (Å²) in [5, 5.41) is 12.2. The lowest BCUT2D eigenvalue weighted by molar-refractivity contribution is -0.122. The first-order valence-corrected chi connectivity index (χ1v) is 8.20. The number of ether oxygens (including phenoxy) is 1. The molecular weight excluding hydrogens is 320 g/mol. The number of phenolic OH excluding ortho intramolecular Hbond substituents is 1. The molecule has 6 nitrogen and oxygen atoms in total. The largest absolute Gasteiger partial charge is 0.508 e. The number of hydrogen-bond acceptors (Lipinski definition) is 4. The highest BCUT2D eigenvalue weighted by molar-refractivity contribution is 6.03. The molecule has 0 radical (unpaired) electrons. The van der Waals surface area contributed by atoms with Gasteiger partial charge in [0.1, 0.15) is 11.5 Å². The maximum atomic E-state index is 12.4. The van der Waals surface area contributed by atoms with Gasteiger partial charge in [0.2, 0.25) is 11.8 Å². The summed E-state index contributed by atoms with van der Waals surface area (Å²) in [6.07, 6.45) is 0.165. The van der Waals surface area contributed by atoms with Gasteiger partial charge in [-0.2, -0.15) is 0 Å². The van der Waals surface area contributed by atoms with Gasteiger partial charge in [-0.15, -0.1) is 0 Å². The van der Waals surface area contributed by atoms with E-state index in [1.165, 1.54) is 12.1 Å². The quantitative estimate of drug-likeness (QED) is 0.877. The summed E-state index contributed by atoms with van der Waals surface area (Å²) >= 11 is 0. The van der Waals surface area contributed by atoms with E-state index in [0.717, 1.165) is 11.4 Å². The summed E-state index contributed by atoms with van der Waals surface area (Å²) < 4.78 is 5.40. The number of phenols is 1. The van der Waals surface area contributed by atoms with E-state index in [9.17, 15) is 14.7 Å². The number of amides is 2. The molecule has 1 saturated heterocycles. The third kappa shape index (κ3) is 3.91. The monoisotopic (exact) mass is 340 g/mol. The first-order valence-electron chi connectivity index (χ1n) is 8.20. The van der Waals surface area contributed by atoms with Crippen LogP contribution in [-0.4, -0.2) is 30.1 Å². The van der Waals surface area contributed by atoms with Crippen LogP contribution in [-0.2, 0) is 9.59 Å². The Labute approximate surface area is 146 Å². The fourth-order valence-electron chi connectivity index (χ4n) is 2.85. The van der Waals surface area contributed by atoms with E-state index in [2.05, 4.69) is 5.32 Å². The molecule has 0 saturated carbocycles. The summed E-state index contributed by atoms with van der Waals surface area (Å²) in [4.78, 5) is 26.3. The van der Waals surface area contributed by atoms with E-state index in [0.29, 0.717) is 18.8 Å². The fraction of sp³-hybridized carbons (Fsp3) is 0.263. The molecule has 25 heavy (non-hydrogen) atoms. The number of aromatic hydroxyl groups is 1. The number of hydrogen-bond donors (Lipinski definition) is 2. The molecule has 2 aromatic rings. The molecule has 0 aromatic heterocycles. The smallest absolute Gasteiger partial charge is 0.229 e. The van der Waals surface area contributed by atoms with Crippen molar-refractivity contribution in [2.75, 3.05) is 23.4 Å². The normalized spacial score (nSPS) is 16.8. The zero-order valence-corrected chi connectivity index (χ0v) is 13.9. The van der Waals surface area contributed by atoms with Crippen molar-refractivity contribution in [2.45, 2.75) is 13.3 Å². The fourth-order valence-corrected chi connectivity index (χ4v) is 2.85. The summed E-state index contributed by atoms with van der Waals surface area (Å²) in [6.45, 7) is 2.82. The molecule has 1 atom stereocenters. The van der Waals surface area contributed by atoms with E-state index in [4.69, 9.17) is 4.74 Å². The summed E-state index contributed by atoms with van der Waals surface area (Å²) in [7, 11) is 0. The molecule has 0 bridgehead atoms. The van der Waals surface area contributed by atoms with Crippen molar-refractivity contribution in [2.24, 2.45) is 5.92 Å². The number of carbonyl (C=O) groups excluding carboxylic acids is 2. The molecule has 1 unspecified atom stereocenters.